The van der Waals surface area contributed by atoms with Gasteiger partial charge in [-0.25, -0.2) is 4.79 Å². The molecule has 1 aliphatic heterocycles. The molecular formula is C15H13F3N4O4. The van der Waals surface area contributed by atoms with E-state index in [1.807, 2.05) is 5.32 Å². The lowest BCUT2D eigenvalue weighted by Gasteiger charge is -2.28. The molecule has 1 aliphatic rings. The van der Waals surface area contributed by atoms with Crippen LogP contribution in [0.2, 0.25) is 0 Å². The van der Waals surface area contributed by atoms with Gasteiger partial charge >= 0.3 is 12.3 Å². The van der Waals surface area contributed by atoms with Gasteiger partial charge in [-0.1, -0.05) is 30.3 Å². The minimum atomic E-state index is -4.90. The zero-order valence-corrected chi connectivity index (χ0v) is 13.1. The second-order valence-electron chi connectivity index (χ2n) is 5.64. The first-order valence-electron chi connectivity index (χ1n) is 7.41. The third-order valence-corrected chi connectivity index (χ3v) is 3.89. The molecule has 3 rings (SSSR count). The normalized spacial score (nSPS) is 17.2. The van der Waals surface area contributed by atoms with Crippen LogP contribution in [-0.2, 0) is 23.9 Å². The lowest BCUT2D eigenvalue weighted by molar-refractivity contribution is -0.141. The zero-order chi connectivity index (χ0) is 19.1. The molecule has 0 unspecified atom stereocenters. The third-order valence-electron chi connectivity index (χ3n) is 3.89. The second-order valence-corrected chi connectivity index (χ2v) is 5.64. The summed E-state index contributed by atoms with van der Waals surface area (Å²) in [5.41, 5.74) is -1.63. The molecule has 0 radical (unpaired) electrons. The number of benzene rings is 1. The van der Waals surface area contributed by atoms with Crippen molar-refractivity contribution < 1.29 is 33.1 Å². The Labute approximate surface area is 144 Å². The van der Waals surface area contributed by atoms with Gasteiger partial charge in [0, 0.05) is 6.42 Å². The number of carbonyl (C=O) groups is 2. The molecule has 0 bridgehead atoms. The van der Waals surface area contributed by atoms with Crippen molar-refractivity contribution in [3.8, 4) is 0 Å². The molecule has 138 valence electrons. The highest BCUT2D eigenvalue weighted by molar-refractivity contribution is 6.00. The predicted octanol–water partition coefficient (Wildman–Crippen LogP) is 1.86. The molecule has 1 aromatic heterocycles. The number of alkyl halides is 3. The number of aromatic nitrogens is 2. The average Bonchev–Trinajstić information content (AvgIpc) is 2.92. The fourth-order valence-electron chi connectivity index (χ4n) is 2.79. The molecule has 0 spiro atoms. The molecule has 2 heterocycles. The Bertz CT molecular complexity index is 851. The number of carboxylic acid groups (broad SMARTS) is 1. The van der Waals surface area contributed by atoms with Crippen LogP contribution in [0.25, 0.3) is 0 Å². The number of nitrogens with one attached hydrogen (secondary N) is 1. The number of amides is 2. The Balaban J connectivity index is 2.09. The highest BCUT2D eigenvalue weighted by Gasteiger charge is 2.46. The second kappa shape index (κ2) is 6.33. The number of hydrogen-bond donors (Lipinski definition) is 3. The minimum Gasteiger partial charge on any atom is -0.465 e. The maximum absolute atomic E-state index is 13.3. The highest BCUT2D eigenvalue weighted by Crippen LogP contribution is 2.40. The lowest BCUT2D eigenvalue weighted by Crippen LogP contribution is -2.52. The Hall–Kier alpha value is -3.08. The summed E-state index contributed by atoms with van der Waals surface area (Å²) in [6, 6.07) is 7.08. The van der Waals surface area contributed by atoms with Crippen LogP contribution in [0.3, 0.4) is 0 Å². The molecule has 3 N–H and O–H groups in total. The van der Waals surface area contributed by atoms with Gasteiger partial charge in [-0.3, -0.25) is 14.7 Å². The van der Waals surface area contributed by atoms with E-state index in [4.69, 9.17) is 5.11 Å². The van der Waals surface area contributed by atoms with Gasteiger partial charge in [0.2, 0.25) is 0 Å². The SMILES string of the molecule is O=C(O)N[C@H]1Cc2c(c(C(F)(F)F)nn2Cc2ccccc2)N(O)C1=O. The van der Waals surface area contributed by atoms with E-state index >= 15 is 0 Å². The monoisotopic (exact) mass is 370 g/mol. The zero-order valence-electron chi connectivity index (χ0n) is 13.1. The van der Waals surface area contributed by atoms with Crippen LogP contribution in [0.4, 0.5) is 23.7 Å². The Morgan fingerprint density at radius 3 is 2.54 bits per heavy atom. The first-order chi connectivity index (χ1) is 12.2. The summed E-state index contributed by atoms with van der Waals surface area (Å²) in [4.78, 5) is 22.8. The number of fused-ring (bicyclic) bond motifs is 1. The van der Waals surface area contributed by atoms with Crippen LogP contribution < -0.4 is 10.4 Å². The van der Waals surface area contributed by atoms with E-state index in [-0.39, 0.29) is 23.7 Å². The predicted molar refractivity (Wildman–Crippen MR) is 80.7 cm³/mol. The lowest BCUT2D eigenvalue weighted by atomic mass is 10.0. The van der Waals surface area contributed by atoms with Crippen molar-refractivity contribution in [2.75, 3.05) is 5.06 Å². The number of anilines is 1. The minimum absolute atomic E-state index is 0.0406. The maximum atomic E-state index is 13.3. The number of hydrogen-bond acceptors (Lipinski definition) is 4. The average molecular weight is 370 g/mol. The summed E-state index contributed by atoms with van der Waals surface area (Å²) in [5, 5.41) is 23.9. The Morgan fingerprint density at radius 2 is 1.96 bits per heavy atom. The van der Waals surface area contributed by atoms with Crippen molar-refractivity contribution >= 4 is 17.7 Å². The van der Waals surface area contributed by atoms with Crippen LogP contribution in [-0.4, -0.2) is 38.1 Å². The quantitative estimate of drug-likeness (QED) is 0.715. The van der Waals surface area contributed by atoms with Crippen molar-refractivity contribution in [2.45, 2.75) is 25.2 Å². The molecule has 0 saturated heterocycles. The standard InChI is InChI=1S/C15H13F3N4O4/c16-15(17,18)12-11-10(6-9(19-14(24)25)13(23)22(11)26)21(20-12)7-8-4-2-1-3-5-8/h1-5,9,19,26H,6-7H2,(H,24,25)/t9-/m0/s1. The molecule has 26 heavy (non-hydrogen) atoms. The van der Waals surface area contributed by atoms with E-state index in [0.29, 0.717) is 5.56 Å². The van der Waals surface area contributed by atoms with E-state index in [1.54, 1.807) is 30.3 Å². The summed E-state index contributed by atoms with van der Waals surface area (Å²) in [6.45, 7) is -0.0406. The van der Waals surface area contributed by atoms with Gasteiger partial charge in [0.05, 0.1) is 12.2 Å². The van der Waals surface area contributed by atoms with Crippen LogP contribution >= 0.6 is 0 Å². The topological polar surface area (TPSA) is 108 Å². The van der Waals surface area contributed by atoms with Gasteiger partial charge in [-0.2, -0.15) is 23.3 Å². The molecule has 11 heteroatoms. The highest BCUT2D eigenvalue weighted by atomic mass is 19.4. The summed E-state index contributed by atoms with van der Waals surface area (Å²) < 4.78 is 40.9. The molecule has 8 nitrogen and oxygen atoms in total. The number of nitrogens with zero attached hydrogens (tertiary/aromatic N) is 3. The summed E-state index contributed by atoms with van der Waals surface area (Å²) in [6.07, 6.45) is -6.81. The first kappa shape index (κ1) is 17.7. The van der Waals surface area contributed by atoms with E-state index in [2.05, 4.69) is 5.10 Å². The van der Waals surface area contributed by atoms with E-state index in [0.717, 1.165) is 4.68 Å². The van der Waals surface area contributed by atoms with Crippen molar-refractivity contribution in [1.29, 1.82) is 0 Å². The molecule has 2 amide bonds. The molecular weight excluding hydrogens is 357 g/mol. The fourth-order valence-corrected chi connectivity index (χ4v) is 2.79. The first-order valence-corrected chi connectivity index (χ1v) is 7.41. The Kier molecular flexibility index (Phi) is 4.32. The van der Waals surface area contributed by atoms with Gasteiger partial charge in [0.15, 0.2) is 5.69 Å². The van der Waals surface area contributed by atoms with Crippen molar-refractivity contribution in [2.24, 2.45) is 0 Å². The smallest absolute Gasteiger partial charge is 0.437 e. The molecule has 0 saturated carbocycles. The van der Waals surface area contributed by atoms with Gasteiger partial charge in [0.25, 0.3) is 5.91 Å². The van der Waals surface area contributed by atoms with Crippen LogP contribution in [0, 0.1) is 0 Å². The van der Waals surface area contributed by atoms with Gasteiger partial charge in [-0.15, -0.1) is 0 Å². The third kappa shape index (κ3) is 3.20. The van der Waals surface area contributed by atoms with Gasteiger partial charge in [0.1, 0.15) is 11.7 Å². The van der Waals surface area contributed by atoms with E-state index in [1.165, 1.54) is 0 Å². The molecule has 1 atom stereocenters. The number of carbonyl (C=O) groups excluding carboxylic acids is 1. The van der Waals surface area contributed by atoms with Crippen molar-refractivity contribution in [3.05, 3.63) is 47.3 Å². The van der Waals surface area contributed by atoms with Gasteiger partial charge in [-0.05, 0) is 5.56 Å². The van der Waals surface area contributed by atoms with Crippen LogP contribution in [0.15, 0.2) is 30.3 Å². The molecule has 2 aromatic rings. The summed E-state index contributed by atoms with van der Waals surface area (Å²) >= 11 is 0. The van der Waals surface area contributed by atoms with Crippen LogP contribution in [0.1, 0.15) is 17.0 Å². The number of hydroxylamine groups is 1. The van der Waals surface area contributed by atoms with Gasteiger partial charge < -0.3 is 10.4 Å². The molecule has 0 aliphatic carbocycles. The number of halogens is 3. The van der Waals surface area contributed by atoms with Crippen molar-refractivity contribution in [3.63, 3.8) is 0 Å². The fraction of sp³-hybridized carbons (Fsp3) is 0.267. The molecule has 1 aromatic carbocycles. The number of rotatable bonds is 3. The van der Waals surface area contributed by atoms with Crippen LogP contribution in [0.5, 0.6) is 0 Å². The summed E-state index contributed by atoms with van der Waals surface area (Å²) in [5.74, 6) is -1.20. The van der Waals surface area contributed by atoms with Crippen molar-refractivity contribution in [1.82, 2.24) is 15.1 Å². The molecule has 0 fully saturated rings. The van der Waals surface area contributed by atoms with E-state index < -0.39 is 35.6 Å². The maximum Gasteiger partial charge on any atom is 0.437 e. The van der Waals surface area contributed by atoms with E-state index in [9.17, 15) is 28.0 Å². The summed E-state index contributed by atoms with van der Waals surface area (Å²) in [7, 11) is 0. The largest absolute Gasteiger partial charge is 0.465 e. The Morgan fingerprint density at radius 1 is 1.31 bits per heavy atom.